The highest BCUT2D eigenvalue weighted by Crippen LogP contribution is 2.38. The van der Waals surface area contributed by atoms with Crippen LogP contribution in [-0.2, 0) is 13.0 Å². The molecule has 3 rings (SSSR count). The number of aromatic nitrogens is 2. The van der Waals surface area contributed by atoms with Crippen molar-refractivity contribution in [2.45, 2.75) is 13.0 Å². The molecule has 1 aliphatic rings. The second-order valence-corrected chi connectivity index (χ2v) is 6.41. The predicted octanol–water partition coefficient (Wildman–Crippen LogP) is 1.77. The third kappa shape index (κ3) is 3.47. The van der Waals surface area contributed by atoms with Crippen LogP contribution in [0.5, 0.6) is 17.2 Å². The van der Waals surface area contributed by atoms with Gasteiger partial charge in [-0.25, -0.2) is 9.97 Å². The summed E-state index contributed by atoms with van der Waals surface area (Å²) in [5.41, 5.74) is 2.45. The number of carbonyl (C=O) groups excluding carboxylic acids is 1. The summed E-state index contributed by atoms with van der Waals surface area (Å²) in [6.07, 6.45) is 2.25. The molecule has 0 N–H and O–H groups in total. The molecule has 1 aromatic heterocycles. The van der Waals surface area contributed by atoms with E-state index in [1.807, 2.05) is 19.0 Å². The summed E-state index contributed by atoms with van der Waals surface area (Å²) >= 11 is 0. The molecule has 0 unspecified atom stereocenters. The highest BCUT2D eigenvalue weighted by molar-refractivity contribution is 5.95. The van der Waals surface area contributed by atoms with E-state index in [0.29, 0.717) is 42.3 Å². The van der Waals surface area contributed by atoms with E-state index in [-0.39, 0.29) is 5.91 Å². The second kappa shape index (κ2) is 7.69. The standard InChI is InChI=1S/C19H24N4O4/c1-22(2)18-13-6-7-23(10-14(13)20-11-21-18)19(24)12-8-15(25-3)17(27-5)16(9-12)26-4/h8-9,11H,6-7,10H2,1-5H3. The Bertz CT molecular complexity index is 829. The van der Waals surface area contributed by atoms with E-state index < -0.39 is 0 Å². The Morgan fingerprint density at radius 3 is 2.30 bits per heavy atom. The molecule has 0 saturated heterocycles. The third-order valence-electron chi connectivity index (χ3n) is 4.61. The number of ether oxygens (including phenoxy) is 3. The van der Waals surface area contributed by atoms with Crippen LogP contribution >= 0.6 is 0 Å². The SMILES string of the molecule is COc1cc(C(=O)N2CCc3c(ncnc3N(C)C)C2)cc(OC)c1OC. The number of methoxy groups -OCH3 is 3. The van der Waals surface area contributed by atoms with Gasteiger partial charge >= 0.3 is 0 Å². The molecule has 2 heterocycles. The van der Waals surface area contributed by atoms with Crippen LogP contribution in [0.2, 0.25) is 0 Å². The number of hydrogen-bond donors (Lipinski definition) is 0. The minimum absolute atomic E-state index is 0.107. The molecular formula is C19H24N4O4. The van der Waals surface area contributed by atoms with Gasteiger partial charge in [-0.3, -0.25) is 4.79 Å². The van der Waals surface area contributed by atoms with Crippen LogP contribution in [0.25, 0.3) is 0 Å². The molecule has 0 atom stereocenters. The highest BCUT2D eigenvalue weighted by atomic mass is 16.5. The number of benzene rings is 1. The van der Waals surface area contributed by atoms with E-state index in [0.717, 1.165) is 17.1 Å². The van der Waals surface area contributed by atoms with Crippen molar-refractivity contribution in [2.75, 3.05) is 46.9 Å². The van der Waals surface area contributed by atoms with Crippen LogP contribution in [-0.4, -0.2) is 62.7 Å². The van der Waals surface area contributed by atoms with Crippen molar-refractivity contribution in [2.24, 2.45) is 0 Å². The van der Waals surface area contributed by atoms with E-state index in [1.165, 1.54) is 21.3 Å². The summed E-state index contributed by atoms with van der Waals surface area (Å²) in [6, 6.07) is 3.34. The molecule has 1 aromatic carbocycles. The first-order valence-electron chi connectivity index (χ1n) is 8.59. The van der Waals surface area contributed by atoms with Gasteiger partial charge in [0.1, 0.15) is 12.1 Å². The van der Waals surface area contributed by atoms with Gasteiger partial charge in [-0.15, -0.1) is 0 Å². The van der Waals surface area contributed by atoms with Crippen LogP contribution in [0, 0.1) is 0 Å². The lowest BCUT2D eigenvalue weighted by Crippen LogP contribution is -2.37. The number of anilines is 1. The lowest BCUT2D eigenvalue weighted by atomic mass is 10.0. The summed E-state index contributed by atoms with van der Waals surface area (Å²) in [4.78, 5) is 25.6. The van der Waals surface area contributed by atoms with Crippen LogP contribution < -0.4 is 19.1 Å². The Hall–Kier alpha value is -3.03. The van der Waals surface area contributed by atoms with Gasteiger partial charge in [0.05, 0.1) is 33.6 Å². The Kier molecular flexibility index (Phi) is 5.34. The van der Waals surface area contributed by atoms with Crippen molar-refractivity contribution in [1.29, 1.82) is 0 Å². The fourth-order valence-electron chi connectivity index (χ4n) is 3.28. The lowest BCUT2D eigenvalue weighted by molar-refractivity contribution is 0.0731. The van der Waals surface area contributed by atoms with Crippen LogP contribution in [0.15, 0.2) is 18.5 Å². The smallest absolute Gasteiger partial charge is 0.254 e. The molecule has 1 aliphatic heterocycles. The van der Waals surface area contributed by atoms with Crippen molar-refractivity contribution in [1.82, 2.24) is 14.9 Å². The molecule has 0 bridgehead atoms. The van der Waals surface area contributed by atoms with Gasteiger partial charge in [0.15, 0.2) is 11.5 Å². The molecule has 0 radical (unpaired) electrons. The first-order valence-corrected chi connectivity index (χ1v) is 8.59. The number of rotatable bonds is 5. The molecule has 8 nitrogen and oxygen atoms in total. The molecule has 0 spiro atoms. The largest absolute Gasteiger partial charge is 0.493 e. The zero-order valence-electron chi connectivity index (χ0n) is 16.3. The monoisotopic (exact) mass is 372 g/mol. The van der Waals surface area contributed by atoms with Gasteiger partial charge < -0.3 is 24.0 Å². The Balaban J connectivity index is 1.91. The predicted molar refractivity (Wildman–Crippen MR) is 101 cm³/mol. The Morgan fingerprint density at radius 2 is 1.74 bits per heavy atom. The van der Waals surface area contributed by atoms with Crippen molar-refractivity contribution < 1.29 is 19.0 Å². The van der Waals surface area contributed by atoms with Gasteiger partial charge in [0, 0.05) is 31.8 Å². The fraction of sp³-hybridized carbons (Fsp3) is 0.421. The van der Waals surface area contributed by atoms with Crippen molar-refractivity contribution in [3.8, 4) is 17.2 Å². The summed E-state index contributed by atoms with van der Waals surface area (Å²) in [6.45, 7) is 1.03. The molecule has 2 aromatic rings. The Morgan fingerprint density at radius 1 is 1.07 bits per heavy atom. The van der Waals surface area contributed by atoms with Crippen LogP contribution in [0.4, 0.5) is 5.82 Å². The van der Waals surface area contributed by atoms with E-state index in [9.17, 15) is 4.79 Å². The number of amides is 1. The average Bonchev–Trinajstić information content (AvgIpc) is 2.70. The second-order valence-electron chi connectivity index (χ2n) is 6.41. The molecule has 27 heavy (non-hydrogen) atoms. The van der Waals surface area contributed by atoms with Crippen molar-refractivity contribution in [3.63, 3.8) is 0 Å². The molecule has 144 valence electrons. The van der Waals surface area contributed by atoms with Gasteiger partial charge in [-0.05, 0) is 18.6 Å². The zero-order valence-corrected chi connectivity index (χ0v) is 16.3. The quantitative estimate of drug-likeness (QED) is 0.791. The topological polar surface area (TPSA) is 77.0 Å². The molecule has 8 heteroatoms. The summed E-state index contributed by atoms with van der Waals surface area (Å²) < 4.78 is 16.0. The number of hydrogen-bond acceptors (Lipinski definition) is 7. The maximum Gasteiger partial charge on any atom is 0.254 e. The Labute approximate surface area is 158 Å². The maximum absolute atomic E-state index is 13.1. The van der Waals surface area contributed by atoms with Crippen molar-refractivity contribution in [3.05, 3.63) is 35.3 Å². The highest BCUT2D eigenvalue weighted by Gasteiger charge is 2.27. The zero-order chi connectivity index (χ0) is 19.6. The van der Waals surface area contributed by atoms with Crippen molar-refractivity contribution >= 4 is 11.7 Å². The van der Waals surface area contributed by atoms with Gasteiger partial charge in [-0.2, -0.15) is 0 Å². The minimum Gasteiger partial charge on any atom is -0.493 e. The molecule has 0 aliphatic carbocycles. The first-order chi connectivity index (χ1) is 13.0. The van der Waals surface area contributed by atoms with Gasteiger partial charge in [0.25, 0.3) is 5.91 Å². The maximum atomic E-state index is 13.1. The van der Waals surface area contributed by atoms with E-state index >= 15 is 0 Å². The number of nitrogens with zero attached hydrogens (tertiary/aromatic N) is 4. The minimum atomic E-state index is -0.107. The van der Waals surface area contributed by atoms with Crippen LogP contribution in [0.1, 0.15) is 21.6 Å². The average molecular weight is 372 g/mol. The van der Waals surface area contributed by atoms with E-state index in [1.54, 1.807) is 23.4 Å². The molecule has 0 saturated carbocycles. The molecule has 1 amide bonds. The number of carbonyl (C=O) groups is 1. The molecule has 0 fully saturated rings. The summed E-state index contributed by atoms with van der Waals surface area (Å²) in [7, 11) is 8.50. The fourth-order valence-corrected chi connectivity index (χ4v) is 3.28. The number of fused-ring (bicyclic) bond motifs is 1. The lowest BCUT2D eigenvalue weighted by Gasteiger charge is -2.30. The van der Waals surface area contributed by atoms with Gasteiger partial charge in [0.2, 0.25) is 5.75 Å². The summed E-state index contributed by atoms with van der Waals surface area (Å²) in [5, 5.41) is 0. The van der Waals surface area contributed by atoms with E-state index in [2.05, 4.69) is 9.97 Å². The first kappa shape index (κ1) is 18.8. The normalized spacial score (nSPS) is 13.0. The summed E-state index contributed by atoms with van der Waals surface area (Å²) in [5.74, 6) is 2.17. The molecular weight excluding hydrogens is 348 g/mol. The third-order valence-corrected chi connectivity index (χ3v) is 4.61. The van der Waals surface area contributed by atoms with E-state index in [4.69, 9.17) is 14.2 Å². The van der Waals surface area contributed by atoms with Gasteiger partial charge in [-0.1, -0.05) is 0 Å². The van der Waals surface area contributed by atoms with Crippen LogP contribution in [0.3, 0.4) is 0 Å².